The van der Waals surface area contributed by atoms with Crippen LogP contribution in [0.15, 0.2) is 42.5 Å². The van der Waals surface area contributed by atoms with Crippen molar-refractivity contribution in [1.82, 2.24) is 10.6 Å². The number of carbonyl (C=O) groups excluding carboxylic acids is 2. The highest BCUT2D eigenvalue weighted by Crippen LogP contribution is 2.21. The van der Waals surface area contributed by atoms with Crippen molar-refractivity contribution < 1.29 is 18.9 Å². The van der Waals surface area contributed by atoms with E-state index in [-0.39, 0.29) is 12.2 Å². The van der Waals surface area contributed by atoms with E-state index in [0.717, 1.165) is 23.3 Å². The standard InChI is InChI=1S/C17H17FN4O4/c1-11-2-4-12(5-3-11)9-19-17(24)20-10-16(23)21-13-6-7-14(18)15(8-13)22(25)26/h2-8H,9-10H2,1H3,(H,21,23)(H2,19,20,24). The molecule has 0 spiro atoms. The Balaban J connectivity index is 1.79. The number of rotatable bonds is 6. The molecule has 9 heteroatoms. The zero-order chi connectivity index (χ0) is 19.1. The second-order valence-corrected chi connectivity index (χ2v) is 5.49. The highest BCUT2D eigenvalue weighted by Gasteiger charge is 2.15. The number of nitrogens with zero attached hydrogens (tertiary/aromatic N) is 1. The first-order chi connectivity index (χ1) is 12.3. The van der Waals surface area contributed by atoms with Crippen molar-refractivity contribution in [2.45, 2.75) is 13.5 Å². The van der Waals surface area contributed by atoms with Crippen LogP contribution in [0.4, 0.5) is 20.6 Å². The van der Waals surface area contributed by atoms with E-state index in [2.05, 4.69) is 16.0 Å². The van der Waals surface area contributed by atoms with Crippen LogP contribution in [0.5, 0.6) is 0 Å². The molecule has 2 rings (SSSR count). The van der Waals surface area contributed by atoms with Crippen LogP contribution in [-0.2, 0) is 11.3 Å². The van der Waals surface area contributed by atoms with E-state index >= 15 is 0 Å². The van der Waals surface area contributed by atoms with E-state index in [9.17, 15) is 24.1 Å². The summed E-state index contributed by atoms with van der Waals surface area (Å²) < 4.78 is 13.2. The maximum Gasteiger partial charge on any atom is 0.315 e. The molecule has 8 nitrogen and oxygen atoms in total. The molecule has 0 bridgehead atoms. The summed E-state index contributed by atoms with van der Waals surface area (Å²) in [5, 5.41) is 18.0. The fraction of sp³-hybridized carbons (Fsp3) is 0.176. The minimum Gasteiger partial charge on any atom is -0.334 e. The number of urea groups is 1. The van der Waals surface area contributed by atoms with Crippen LogP contribution < -0.4 is 16.0 Å². The first-order valence-corrected chi connectivity index (χ1v) is 7.66. The number of anilines is 1. The number of nitro groups is 1. The minimum atomic E-state index is -0.999. The first-order valence-electron chi connectivity index (χ1n) is 7.66. The fourth-order valence-corrected chi connectivity index (χ4v) is 2.05. The van der Waals surface area contributed by atoms with Gasteiger partial charge >= 0.3 is 11.7 Å². The van der Waals surface area contributed by atoms with Gasteiger partial charge < -0.3 is 16.0 Å². The number of amides is 3. The molecule has 0 unspecified atom stereocenters. The number of nitrogens with one attached hydrogen (secondary N) is 3. The summed E-state index contributed by atoms with van der Waals surface area (Å²) in [6, 6.07) is 10.0. The summed E-state index contributed by atoms with van der Waals surface area (Å²) in [6.07, 6.45) is 0. The van der Waals surface area contributed by atoms with Crippen molar-refractivity contribution in [3.8, 4) is 0 Å². The second kappa shape index (κ2) is 8.56. The summed E-state index contributed by atoms with van der Waals surface area (Å²) in [4.78, 5) is 33.2. The Morgan fingerprint density at radius 3 is 2.46 bits per heavy atom. The summed E-state index contributed by atoms with van der Waals surface area (Å²) >= 11 is 0. The van der Waals surface area contributed by atoms with Crippen LogP contribution in [0.3, 0.4) is 0 Å². The average Bonchev–Trinajstić information content (AvgIpc) is 2.61. The van der Waals surface area contributed by atoms with Crippen molar-refractivity contribution in [2.75, 3.05) is 11.9 Å². The van der Waals surface area contributed by atoms with Gasteiger partial charge in [-0.25, -0.2) is 4.79 Å². The lowest BCUT2D eigenvalue weighted by atomic mass is 10.1. The topological polar surface area (TPSA) is 113 Å². The van der Waals surface area contributed by atoms with Gasteiger partial charge in [0.15, 0.2) is 0 Å². The molecule has 2 aromatic rings. The Bertz CT molecular complexity index is 824. The first kappa shape index (κ1) is 18.8. The van der Waals surface area contributed by atoms with Crippen molar-refractivity contribution in [2.24, 2.45) is 0 Å². The van der Waals surface area contributed by atoms with Gasteiger partial charge in [0.2, 0.25) is 11.7 Å². The smallest absolute Gasteiger partial charge is 0.315 e. The van der Waals surface area contributed by atoms with Gasteiger partial charge in [0.25, 0.3) is 0 Å². The predicted octanol–water partition coefficient (Wildman–Crippen LogP) is 2.48. The quantitative estimate of drug-likeness (QED) is 0.542. The molecule has 0 aromatic heterocycles. The average molecular weight is 360 g/mol. The molecule has 0 saturated heterocycles. The Morgan fingerprint density at radius 1 is 1.12 bits per heavy atom. The fourth-order valence-electron chi connectivity index (χ4n) is 2.05. The maximum atomic E-state index is 13.2. The predicted molar refractivity (Wildman–Crippen MR) is 93.1 cm³/mol. The molecule has 0 atom stereocenters. The molecular formula is C17H17FN4O4. The van der Waals surface area contributed by atoms with Gasteiger partial charge in [0, 0.05) is 18.3 Å². The van der Waals surface area contributed by atoms with Gasteiger partial charge in [0.05, 0.1) is 11.5 Å². The highest BCUT2D eigenvalue weighted by molar-refractivity contribution is 5.94. The second-order valence-electron chi connectivity index (χ2n) is 5.49. The Labute approximate surface area is 148 Å². The molecule has 0 radical (unpaired) electrons. The third-order valence-electron chi connectivity index (χ3n) is 3.41. The van der Waals surface area contributed by atoms with E-state index in [0.29, 0.717) is 6.54 Å². The Morgan fingerprint density at radius 2 is 1.81 bits per heavy atom. The number of benzene rings is 2. The number of nitro benzene ring substituents is 1. The molecule has 0 fully saturated rings. The number of carbonyl (C=O) groups is 2. The Hall–Kier alpha value is -3.49. The lowest BCUT2D eigenvalue weighted by Gasteiger charge is -2.09. The van der Waals surface area contributed by atoms with E-state index in [1.165, 1.54) is 6.07 Å². The van der Waals surface area contributed by atoms with Gasteiger partial charge in [-0.05, 0) is 24.6 Å². The van der Waals surface area contributed by atoms with Crippen molar-refractivity contribution in [3.63, 3.8) is 0 Å². The van der Waals surface area contributed by atoms with Crippen LogP contribution >= 0.6 is 0 Å². The normalized spacial score (nSPS) is 10.1. The molecule has 0 saturated carbocycles. The lowest BCUT2D eigenvalue weighted by Crippen LogP contribution is -2.39. The number of hydrogen-bond acceptors (Lipinski definition) is 4. The van der Waals surface area contributed by atoms with Gasteiger partial charge in [-0.15, -0.1) is 0 Å². The molecular weight excluding hydrogens is 343 g/mol. The molecule has 0 heterocycles. The van der Waals surface area contributed by atoms with Crippen LogP contribution in [0, 0.1) is 22.9 Å². The van der Waals surface area contributed by atoms with Crippen LogP contribution in [-0.4, -0.2) is 23.4 Å². The lowest BCUT2D eigenvalue weighted by molar-refractivity contribution is -0.387. The van der Waals surface area contributed by atoms with Gasteiger partial charge in [0.1, 0.15) is 0 Å². The zero-order valence-corrected chi connectivity index (χ0v) is 13.9. The maximum absolute atomic E-state index is 13.2. The molecule has 2 aromatic carbocycles. The number of aryl methyl sites for hydroxylation is 1. The molecule has 0 aliphatic rings. The van der Waals surface area contributed by atoms with Gasteiger partial charge in [-0.1, -0.05) is 29.8 Å². The Kier molecular flexibility index (Phi) is 6.20. The van der Waals surface area contributed by atoms with Crippen molar-refractivity contribution in [3.05, 3.63) is 69.5 Å². The summed E-state index contributed by atoms with van der Waals surface area (Å²) in [5.41, 5.74) is 1.33. The van der Waals surface area contributed by atoms with E-state index < -0.39 is 28.4 Å². The monoisotopic (exact) mass is 360 g/mol. The minimum absolute atomic E-state index is 0.0602. The highest BCUT2D eigenvalue weighted by atomic mass is 19.1. The number of hydrogen-bond donors (Lipinski definition) is 3. The molecule has 0 aliphatic heterocycles. The van der Waals surface area contributed by atoms with Crippen molar-refractivity contribution >= 4 is 23.3 Å². The third-order valence-corrected chi connectivity index (χ3v) is 3.41. The molecule has 3 N–H and O–H groups in total. The van der Waals surface area contributed by atoms with E-state index in [1.54, 1.807) is 0 Å². The number of halogens is 1. The van der Waals surface area contributed by atoms with Gasteiger partial charge in [-0.2, -0.15) is 4.39 Å². The summed E-state index contributed by atoms with van der Waals surface area (Å²) in [6.45, 7) is 1.92. The molecule has 0 aliphatic carbocycles. The molecule has 136 valence electrons. The molecule has 3 amide bonds. The van der Waals surface area contributed by atoms with E-state index in [1.807, 2.05) is 31.2 Å². The van der Waals surface area contributed by atoms with Crippen molar-refractivity contribution in [1.29, 1.82) is 0 Å². The third kappa shape index (κ3) is 5.55. The molecule has 26 heavy (non-hydrogen) atoms. The SMILES string of the molecule is Cc1ccc(CNC(=O)NCC(=O)Nc2ccc(F)c([N+](=O)[O-])c2)cc1. The summed E-state index contributed by atoms with van der Waals surface area (Å²) in [7, 11) is 0. The largest absolute Gasteiger partial charge is 0.334 e. The summed E-state index contributed by atoms with van der Waals surface area (Å²) in [5.74, 6) is -1.60. The van der Waals surface area contributed by atoms with Crippen LogP contribution in [0.25, 0.3) is 0 Å². The zero-order valence-electron chi connectivity index (χ0n) is 13.9. The van der Waals surface area contributed by atoms with E-state index in [4.69, 9.17) is 0 Å². The van der Waals surface area contributed by atoms with Gasteiger partial charge in [-0.3, -0.25) is 14.9 Å². The van der Waals surface area contributed by atoms with Crippen LogP contribution in [0.2, 0.25) is 0 Å². The van der Waals surface area contributed by atoms with Crippen LogP contribution in [0.1, 0.15) is 11.1 Å².